The third-order valence-corrected chi connectivity index (χ3v) is 3.50. The molecule has 0 amide bonds. The Labute approximate surface area is 141 Å². The van der Waals surface area contributed by atoms with Gasteiger partial charge in [-0.15, -0.1) is 0 Å². The molecule has 0 aliphatic carbocycles. The average molecular weight is 335 g/mol. The number of hydrogen-bond acceptors (Lipinski definition) is 4. The van der Waals surface area contributed by atoms with Gasteiger partial charge in [0.1, 0.15) is 12.3 Å². The fraction of sp³-hybridized carbons (Fsp3) is 0.444. The number of alkyl halides is 2. The lowest BCUT2D eigenvalue weighted by molar-refractivity contribution is 0.146. The summed E-state index contributed by atoms with van der Waals surface area (Å²) in [5, 5.41) is 0. The summed E-state index contributed by atoms with van der Waals surface area (Å²) >= 11 is 0. The summed E-state index contributed by atoms with van der Waals surface area (Å²) in [5.74, 6) is 0.942. The molecule has 2 aromatic rings. The van der Waals surface area contributed by atoms with Crippen LogP contribution in [-0.4, -0.2) is 22.1 Å². The van der Waals surface area contributed by atoms with Crippen LogP contribution in [0, 0.1) is 5.92 Å². The largest absolute Gasteiger partial charge is 0.476 e. The Morgan fingerprint density at radius 2 is 1.92 bits per heavy atom. The van der Waals surface area contributed by atoms with Crippen molar-refractivity contribution in [2.45, 2.75) is 39.2 Å². The molecule has 0 aromatic carbocycles. The number of nitrogens with zero attached hydrogens (tertiary/aromatic N) is 2. The van der Waals surface area contributed by atoms with Crippen molar-refractivity contribution in [2.24, 2.45) is 11.7 Å². The predicted octanol–water partition coefficient (Wildman–Crippen LogP) is 4.22. The molecule has 0 spiro atoms. The highest BCUT2D eigenvalue weighted by atomic mass is 19.3. The molecule has 0 unspecified atom stereocenters. The summed E-state index contributed by atoms with van der Waals surface area (Å²) < 4.78 is 31.1. The standard InChI is InChI=1S/C18H23F2N3O/c1-12(2)9-18(3,21)11-24-16-5-4-14(10-23-16)13-6-7-22-15(8-13)17(19)20/h4-8,10,12,17H,9,11,21H2,1-3H3/t18-/m0/s1. The van der Waals surface area contributed by atoms with Crippen LogP contribution in [0.4, 0.5) is 8.78 Å². The summed E-state index contributed by atoms with van der Waals surface area (Å²) in [4.78, 5) is 7.88. The normalized spacial score (nSPS) is 14.0. The van der Waals surface area contributed by atoms with E-state index in [1.165, 1.54) is 12.3 Å². The number of ether oxygens (including phenoxy) is 1. The Hall–Kier alpha value is -2.08. The molecule has 0 bridgehead atoms. The molecule has 0 aliphatic rings. The quantitative estimate of drug-likeness (QED) is 0.823. The minimum Gasteiger partial charge on any atom is -0.476 e. The summed E-state index contributed by atoms with van der Waals surface area (Å²) in [6.45, 7) is 6.54. The summed E-state index contributed by atoms with van der Waals surface area (Å²) in [5.41, 5.74) is 6.89. The number of halogens is 2. The first kappa shape index (κ1) is 18.3. The number of rotatable bonds is 7. The van der Waals surface area contributed by atoms with E-state index in [0.29, 0.717) is 24.0 Å². The molecular weight excluding hydrogens is 312 g/mol. The van der Waals surface area contributed by atoms with E-state index in [-0.39, 0.29) is 5.69 Å². The molecule has 24 heavy (non-hydrogen) atoms. The maximum Gasteiger partial charge on any atom is 0.280 e. The highest BCUT2D eigenvalue weighted by molar-refractivity contribution is 5.62. The molecule has 4 nitrogen and oxygen atoms in total. The minimum absolute atomic E-state index is 0.250. The van der Waals surface area contributed by atoms with Gasteiger partial charge in [0.15, 0.2) is 0 Å². The second-order valence-corrected chi connectivity index (χ2v) is 6.70. The number of hydrogen-bond donors (Lipinski definition) is 1. The first-order chi connectivity index (χ1) is 11.3. The fourth-order valence-electron chi connectivity index (χ4n) is 2.61. The first-order valence-corrected chi connectivity index (χ1v) is 7.89. The summed E-state index contributed by atoms with van der Waals surface area (Å²) in [6.07, 6.45) is 1.21. The van der Waals surface area contributed by atoms with Crippen LogP contribution in [0.2, 0.25) is 0 Å². The third-order valence-electron chi connectivity index (χ3n) is 3.50. The van der Waals surface area contributed by atoms with Crippen molar-refractivity contribution in [1.29, 1.82) is 0 Å². The smallest absolute Gasteiger partial charge is 0.280 e. The van der Waals surface area contributed by atoms with Gasteiger partial charge in [0.2, 0.25) is 5.88 Å². The second-order valence-electron chi connectivity index (χ2n) is 6.70. The number of aromatic nitrogens is 2. The second kappa shape index (κ2) is 7.66. The zero-order valence-electron chi connectivity index (χ0n) is 14.2. The van der Waals surface area contributed by atoms with Crippen LogP contribution in [-0.2, 0) is 0 Å². The summed E-state index contributed by atoms with van der Waals surface area (Å²) in [7, 11) is 0. The first-order valence-electron chi connectivity index (χ1n) is 7.89. The van der Waals surface area contributed by atoms with Gasteiger partial charge in [-0.25, -0.2) is 13.8 Å². The van der Waals surface area contributed by atoms with Gasteiger partial charge >= 0.3 is 0 Å². The molecule has 0 fully saturated rings. The van der Waals surface area contributed by atoms with Crippen molar-refractivity contribution in [1.82, 2.24) is 9.97 Å². The van der Waals surface area contributed by atoms with Gasteiger partial charge < -0.3 is 10.5 Å². The molecular formula is C18H23F2N3O. The van der Waals surface area contributed by atoms with Gasteiger partial charge in [-0.1, -0.05) is 13.8 Å². The predicted molar refractivity (Wildman–Crippen MR) is 90.0 cm³/mol. The Kier molecular flexibility index (Phi) is 5.83. The molecule has 2 rings (SSSR count). The monoisotopic (exact) mass is 335 g/mol. The Bertz CT molecular complexity index is 658. The molecule has 2 aromatic heterocycles. The molecule has 2 heterocycles. The van der Waals surface area contributed by atoms with Crippen molar-refractivity contribution < 1.29 is 13.5 Å². The highest BCUT2D eigenvalue weighted by Crippen LogP contribution is 2.24. The fourth-order valence-corrected chi connectivity index (χ4v) is 2.61. The van der Waals surface area contributed by atoms with E-state index < -0.39 is 12.0 Å². The molecule has 0 aliphatic heterocycles. The van der Waals surface area contributed by atoms with Crippen molar-refractivity contribution >= 4 is 0 Å². The van der Waals surface area contributed by atoms with Crippen LogP contribution in [0.3, 0.4) is 0 Å². The SMILES string of the molecule is CC(C)C[C@](C)(N)COc1ccc(-c2ccnc(C(F)F)c2)cn1. The van der Waals surface area contributed by atoms with Gasteiger partial charge in [0.25, 0.3) is 6.43 Å². The maximum absolute atomic E-state index is 12.7. The average Bonchev–Trinajstić information content (AvgIpc) is 2.52. The van der Waals surface area contributed by atoms with E-state index >= 15 is 0 Å². The highest BCUT2D eigenvalue weighted by Gasteiger charge is 2.21. The number of pyridine rings is 2. The van der Waals surface area contributed by atoms with Gasteiger partial charge in [-0.05, 0) is 43.0 Å². The molecule has 6 heteroatoms. The van der Waals surface area contributed by atoms with E-state index in [1.807, 2.05) is 6.92 Å². The zero-order valence-corrected chi connectivity index (χ0v) is 14.2. The maximum atomic E-state index is 12.7. The van der Waals surface area contributed by atoms with E-state index in [9.17, 15) is 8.78 Å². The van der Waals surface area contributed by atoms with Crippen molar-refractivity contribution in [3.8, 4) is 17.0 Å². The molecule has 2 N–H and O–H groups in total. The lowest BCUT2D eigenvalue weighted by Gasteiger charge is -2.26. The Morgan fingerprint density at radius 3 is 2.50 bits per heavy atom. The zero-order chi connectivity index (χ0) is 17.7. The van der Waals surface area contributed by atoms with Crippen molar-refractivity contribution in [2.75, 3.05) is 6.61 Å². The molecule has 0 saturated carbocycles. The van der Waals surface area contributed by atoms with E-state index in [2.05, 4.69) is 23.8 Å². The van der Waals surface area contributed by atoms with Gasteiger partial charge in [0, 0.05) is 29.6 Å². The molecule has 1 atom stereocenters. The Balaban J connectivity index is 2.04. The number of nitrogens with two attached hydrogens (primary N) is 1. The van der Waals surface area contributed by atoms with Crippen LogP contribution in [0.5, 0.6) is 5.88 Å². The molecule has 130 valence electrons. The van der Waals surface area contributed by atoms with Gasteiger partial charge in [-0.3, -0.25) is 4.98 Å². The van der Waals surface area contributed by atoms with Crippen LogP contribution < -0.4 is 10.5 Å². The van der Waals surface area contributed by atoms with Crippen LogP contribution in [0.25, 0.3) is 11.1 Å². The van der Waals surface area contributed by atoms with Crippen molar-refractivity contribution in [3.63, 3.8) is 0 Å². The Morgan fingerprint density at radius 1 is 1.17 bits per heavy atom. The van der Waals surface area contributed by atoms with Gasteiger partial charge in [-0.2, -0.15) is 0 Å². The molecule has 0 saturated heterocycles. The van der Waals surface area contributed by atoms with Crippen LogP contribution in [0.15, 0.2) is 36.7 Å². The third kappa shape index (κ3) is 5.23. The lowest BCUT2D eigenvalue weighted by Crippen LogP contribution is -2.43. The van der Waals surface area contributed by atoms with E-state index in [4.69, 9.17) is 10.5 Å². The molecule has 0 radical (unpaired) electrons. The van der Waals surface area contributed by atoms with E-state index in [0.717, 1.165) is 12.0 Å². The van der Waals surface area contributed by atoms with Crippen molar-refractivity contribution in [3.05, 3.63) is 42.4 Å². The van der Waals surface area contributed by atoms with Crippen LogP contribution in [0.1, 0.15) is 39.3 Å². The minimum atomic E-state index is -2.59. The van der Waals surface area contributed by atoms with Gasteiger partial charge in [0.05, 0.1) is 0 Å². The van der Waals surface area contributed by atoms with E-state index in [1.54, 1.807) is 24.4 Å². The topological polar surface area (TPSA) is 61.0 Å². The summed E-state index contributed by atoms with van der Waals surface area (Å²) in [6, 6.07) is 6.53. The lowest BCUT2D eigenvalue weighted by atomic mass is 9.93. The van der Waals surface area contributed by atoms with Crippen LogP contribution >= 0.6 is 0 Å².